The quantitative estimate of drug-likeness (QED) is 0.481. The van der Waals surface area contributed by atoms with Crippen LogP contribution in [-0.4, -0.2) is 11.9 Å². The van der Waals surface area contributed by atoms with E-state index >= 15 is 0 Å². The number of carbonyl (C=O) groups is 2. The molecule has 0 radical (unpaired) electrons. The van der Waals surface area contributed by atoms with Crippen LogP contribution >= 0.6 is 0 Å². The molecule has 0 amide bonds. The van der Waals surface area contributed by atoms with Crippen LogP contribution in [0.4, 0.5) is 0 Å². The molecule has 0 saturated heterocycles. The summed E-state index contributed by atoms with van der Waals surface area (Å²) in [7, 11) is 0. The van der Waals surface area contributed by atoms with Gasteiger partial charge in [-0.1, -0.05) is 26.2 Å². The smallest absolute Gasteiger partial charge is 0.0449 e. The Morgan fingerprint density at radius 2 is 1.85 bits per heavy atom. The van der Waals surface area contributed by atoms with Crippen molar-refractivity contribution in [2.75, 3.05) is 0 Å². The summed E-state index contributed by atoms with van der Waals surface area (Å²) in [6, 6.07) is 0. The van der Waals surface area contributed by atoms with Crippen LogP contribution in [0, 0.1) is 5.92 Å². The Balaban J connectivity index is 3.81. The number of unbranched alkanes of at least 4 members (excludes halogenated alkanes) is 2. The predicted molar refractivity (Wildman–Crippen MR) is 42.3 cm³/mol. The van der Waals surface area contributed by atoms with Crippen molar-refractivity contribution in [3.05, 3.63) is 0 Å². The first kappa shape index (κ1) is 11.9. The van der Waals surface area contributed by atoms with E-state index in [0.29, 0.717) is 6.42 Å². The van der Waals surface area contributed by atoms with E-state index in [9.17, 15) is 19.8 Å². The highest BCUT2D eigenvalue weighted by molar-refractivity contribution is 5.75. The third-order valence-electron chi connectivity index (χ3n) is 1.90. The van der Waals surface area contributed by atoms with Crippen molar-refractivity contribution in [2.45, 2.75) is 39.0 Å². The van der Waals surface area contributed by atoms with Crippen LogP contribution in [0.1, 0.15) is 39.0 Å². The molecule has 76 valence electrons. The second-order valence-corrected chi connectivity index (χ2v) is 3.09. The number of carbonyl (C=O) groups excluding carboxylic acids is 2. The van der Waals surface area contributed by atoms with Crippen molar-refractivity contribution >= 4 is 11.9 Å². The van der Waals surface area contributed by atoms with Crippen LogP contribution < -0.4 is 10.2 Å². The van der Waals surface area contributed by atoms with Gasteiger partial charge >= 0.3 is 0 Å². The number of hydrogen-bond donors (Lipinski definition) is 0. The number of carboxylic acid groups (broad SMARTS) is 2. The topological polar surface area (TPSA) is 80.3 Å². The van der Waals surface area contributed by atoms with Crippen LogP contribution in [-0.2, 0) is 9.59 Å². The first-order chi connectivity index (χ1) is 6.07. The van der Waals surface area contributed by atoms with Gasteiger partial charge in [0.2, 0.25) is 0 Å². The molecule has 0 aliphatic heterocycles. The fourth-order valence-corrected chi connectivity index (χ4v) is 1.15. The molecule has 0 fully saturated rings. The second-order valence-electron chi connectivity index (χ2n) is 3.09. The molecule has 0 saturated carbocycles. The van der Waals surface area contributed by atoms with Gasteiger partial charge in [0.25, 0.3) is 0 Å². The zero-order valence-electron chi connectivity index (χ0n) is 7.75. The molecule has 4 nitrogen and oxygen atoms in total. The van der Waals surface area contributed by atoms with E-state index in [4.69, 9.17) is 0 Å². The van der Waals surface area contributed by atoms with Crippen molar-refractivity contribution < 1.29 is 19.8 Å². The lowest BCUT2D eigenvalue weighted by Gasteiger charge is -2.17. The summed E-state index contributed by atoms with van der Waals surface area (Å²) in [5, 5.41) is 20.6. The van der Waals surface area contributed by atoms with Gasteiger partial charge in [-0.3, -0.25) is 0 Å². The average molecular weight is 186 g/mol. The van der Waals surface area contributed by atoms with E-state index in [-0.39, 0.29) is 0 Å². The van der Waals surface area contributed by atoms with E-state index in [1.165, 1.54) is 0 Å². The maximum atomic E-state index is 10.4. The maximum absolute atomic E-state index is 10.4. The first-order valence-corrected chi connectivity index (χ1v) is 4.48. The Kier molecular flexibility index (Phi) is 5.93. The standard InChI is InChI=1S/C9H16O4/c1-2-3-4-5-7(9(12)13)6-8(10)11/h7H,2-6H2,1H3,(H,10,11)(H,12,13)/p-2. The molecule has 0 bridgehead atoms. The first-order valence-electron chi connectivity index (χ1n) is 4.48. The molecule has 13 heavy (non-hydrogen) atoms. The van der Waals surface area contributed by atoms with Crippen LogP contribution in [0.2, 0.25) is 0 Å². The van der Waals surface area contributed by atoms with Crippen LogP contribution in [0.25, 0.3) is 0 Å². The summed E-state index contributed by atoms with van der Waals surface area (Å²) in [6.45, 7) is 1.99. The number of carboxylic acids is 2. The highest BCUT2D eigenvalue weighted by Crippen LogP contribution is 2.12. The maximum Gasteiger partial charge on any atom is 0.0449 e. The Bertz CT molecular complexity index is 176. The summed E-state index contributed by atoms with van der Waals surface area (Å²) in [5.74, 6) is -3.51. The SMILES string of the molecule is CCCCCC(CC(=O)[O-])C(=O)[O-]. The molecule has 0 N–H and O–H groups in total. The van der Waals surface area contributed by atoms with Gasteiger partial charge in [-0.2, -0.15) is 0 Å². The summed E-state index contributed by atoms with van der Waals surface area (Å²) >= 11 is 0. The number of rotatable bonds is 7. The molecule has 4 heteroatoms. The number of aliphatic carboxylic acids is 2. The highest BCUT2D eigenvalue weighted by Gasteiger charge is 2.09. The Morgan fingerprint density at radius 1 is 1.23 bits per heavy atom. The van der Waals surface area contributed by atoms with Crippen LogP contribution in [0.3, 0.4) is 0 Å². The van der Waals surface area contributed by atoms with Crippen molar-refractivity contribution in [3.8, 4) is 0 Å². The largest absolute Gasteiger partial charge is 0.550 e. The highest BCUT2D eigenvalue weighted by atomic mass is 16.4. The third-order valence-corrected chi connectivity index (χ3v) is 1.90. The molecule has 0 aromatic heterocycles. The van der Waals surface area contributed by atoms with Gasteiger partial charge < -0.3 is 19.8 Å². The molecule has 0 aromatic rings. The van der Waals surface area contributed by atoms with Crippen molar-refractivity contribution in [1.82, 2.24) is 0 Å². The molecule has 1 atom stereocenters. The molecule has 0 aromatic carbocycles. The zero-order valence-corrected chi connectivity index (χ0v) is 7.75. The monoisotopic (exact) mass is 186 g/mol. The van der Waals surface area contributed by atoms with E-state index in [0.717, 1.165) is 19.3 Å². The van der Waals surface area contributed by atoms with Gasteiger partial charge in [-0.15, -0.1) is 0 Å². The second kappa shape index (κ2) is 6.46. The van der Waals surface area contributed by atoms with Gasteiger partial charge in [-0.05, 0) is 12.8 Å². The third kappa shape index (κ3) is 6.13. The average Bonchev–Trinajstić information content (AvgIpc) is 2.02. The van der Waals surface area contributed by atoms with Crippen molar-refractivity contribution in [2.24, 2.45) is 5.92 Å². The summed E-state index contributed by atoms with van der Waals surface area (Å²) in [4.78, 5) is 20.6. The van der Waals surface area contributed by atoms with Gasteiger partial charge in [0.1, 0.15) is 0 Å². The Labute approximate surface area is 77.6 Å². The van der Waals surface area contributed by atoms with Gasteiger partial charge in [0, 0.05) is 17.9 Å². The molecular formula is C9H14O4-2. The summed E-state index contributed by atoms with van der Waals surface area (Å²) in [6.07, 6.45) is 2.54. The van der Waals surface area contributed by atoms with Crippen molar-refractivity contribution in [1.29, 1.82) is 0 Å². The summed E-state index contributed by atoms with van der Waals surface area (Å²) in [5.41, 5.74) is 0. The molecule has 0 rings (SSSR count). The molecule has 0 heterocycles. The molecular weight excluding hydrogens is 172 g/mol. The van der Waals surface area contributed by atoms with E-state index in [1.807, 2.05) is 6.92 Å². The van der Waals surface area contributed by atoms with Gasteiger partial charge in [0.15, 0.2) is 0 Å². The molecule has 1 unspecified atom stereocenters. The lowest BCUT2D eigenvalue weighted by atomic mass is 9.98. The minimum absolute atomic E-state index is 0.365. The van der Waals surface area contributed by atoms with Crippen LogP contribution in [0.5, 0.6) is 0 Å². The molecule has 0 aliphatic carbocycles. The normalized spacial score (nSPS) is 12.4. The fraction of sp³-hybridized carbons (Fsp3) is 0.778. The Hall–Kier alpha value is -1.06. The zero-order chi connectivity index (χ0) is 10.3. The molecule has 0 spiro atoms. The fourth-order valence-electron chi connectivity index (χ4n) is 1.15. The van der Waals surface area contributed by atoms with E-state index < -0.39 is 24.3 Å². The predicted octanol–water partition coefficient (Wildman–Crippen LogP) is -0.927. The minimum atomic E-state index is -1.33. The lowest BCUT2D eigenvalue weighted by Crippen LogP contribution is -2.36. The summed E-state index contributed by atoms with van der Waals surface area (Å²) < 4.78 is 0. The van der Waals surface area contributed by atoms with Gasteiger partial charge in [0.05, 0.1) is 0 Å². The minimum Gasteiger partial charge on any atom is -0.550 e. The number of hydrogen-bond acceptors (Lipinski definition) is 4. The van der Waals surface area contributed by atoms with Crippen molar-refractivity contribution in [3.63, 3.8) is 0 Å². The Morgan fingerprint density at radius 3 is 2.23 bits per heavy atom. The molecule has 0 aliphatic rings. The lowest BCUT2D eigenvalue weighted by molar-refractivity contribution is -0.321. The van der Waals surface area contributed by atoms with E-state index in [1.54, 1.807) is 0 Å². The van der Waals surface area contributed by atoms with E-state index in [2.05, 4.69) is 0 Å². The van der Waals surface area contributed by atoms with Crippen LogP contribution in [0.15, 0.2) is 0 Å². The van der Waals surface area contributed by atoms with Gasteiger partial charge in [-0.25, -0.2) is 0 Å².